The van der Waals surface area contributed by atoms with E-state index in [9.17, 15) is 43.1 Å². The molecule has 0 bridgehead atoms. The van der Waals surface area contributed by atoms with Crippen molar-refractivity contribution in [3.05, 3.63) is 78.3 Å². The van der Waals surface area contributed by atoms with Crippen molar-refractivity contribution < 1.29 is 61.2 Å². The zero-order valence-corrected chi connectivity index (χ0v) is 23.1. The van der Waals surface area contributed by atoms with Gasteiger partial charge in [0.25, 0.3) is 15.6 Å². The molecule has 19 heteroatoms. The molecule has 0 saturated carbocycles. The maximum Gasteiger partial charge on any atom is 0.325 e. The van der Waals surface area contributed by atoms with Crippen molar-refractivity contribution in [2.75, 3.05) is 11.9 Å². The number of nitrogens with one attached hydrogen (secondary N) is 3. The number of anilines is 1. The van der Waals surface area contributed by atoms with Gasteiger partial charge in [-0.05, 0) is 35.9 Å². The van der Waals surface area contributed by atoms with E-state index in [-0.39, 0.29) is 5.69 Å². The highest BCUT2D eigenvalue weighted by molar-refractivity contribution is 7.59. The molecule has 5 N–H and O–H groups in total. The number of halogens is 1. The molecule has 2 aliphatic rings. The third kappa shape index (κ3) is 8.65. The summed E-state index contributed by atoms with van der Waals surface area (Å²) >= 11 is 0. The lowest BCUT2D eigenvalue weighted by atomic mass is 10.1. The molecule has 0 aromatic heterocycles. The summed E-state index contributed by atoms with van der Waals surface area (Å²) in [6, 6.07) is 11.3. The summed E-state index contributed by atoms with van der Waals surface area (Å²) in [6.07, 6.45) is -5.12. The van der Waals surface area contributed by atoms with E-state index in [0.29, 0.717) is 5.56 Å². The van der Waals surface area contributed by atoms with Crippen molar-refractivity contribution in [1.29, 1.82) is 0 Å². The Balaban J connectivity index is 1.27. The van der Waals surface area contributed by atoms with Gasteiger partial charge in [0, 0.05) is 11.9 Å². The smallest absolute Gasteiger partial charge is 0.325 e. The number of carbonyl (C=O) groups excluding carboxylic acids is 2. The van der Waals surface area contributed by atoms with E-state index >= 15 is 0 Å². The fourth-order valence-corrected chi connectivity index (χ4v) is 5.78. The second-order valence-electron chi connectivity index (χ2n) is 8.86. The lowest BCUT2D eigenvalue weighted by molar-refractivity contribution is -0.246. The standard InChI is InChI=1S/C23H27FN4O12P2/c24-15-6-8-16(9-7-15)25-22(31)26-18-10-11-28(23(32)27-18)21-20(30)19(29)17(39-21)13-38-42(35,36)40-41(33,34)37-12-14-4-2-1-3-5-14/h1-11,17-21,29-30H,12-13H2,(H,27,32)(H,33,34)(H,35,36)(H2,25,26,31)/p-2/t17-,18?,19?,20+,21-/m1/s1. The molecule has 2 heterocycles. The predicted molar refractivity (Wildman–Crippen MR) is 136 cm³/mol. The van der Waals surface area contributed by atoms with Crippen LogP contribution in [0.25, 0.3) is 0 Å². The van der Waals surface area contributed by atoms with E-state index < -0.39 is 77.4 Å². The number of urea groups is 2. The van der Waals surface area contributed by atoms with Gasteiger partial charge in [-0.1, -0.05) is 30.3 Å². The minimum absolute atomic E-state index is 0.289. The van der Waals surface area contributed by atoms with Crippen molar-refractivity contribution in [2.45, 2.75) is 37.3 Å². The van der Waals surface area contributed by atoms with E-state index in [1.165, 1.54) is 30.3 Å². The monoisotopic (exact) mass is 630 g/mol. The van der Waals surface area contributed by atoms with Gasteiger partial charge in [-0.3, -0.25) is 14.0 Å². The van der Waals surface area contributed by atoms with Crippen molar-refractivity contribution in [3.8, 4) is 0 Å². The predicted octanol–water partition coefficient (Wildman–Crippen LogP) is 0.446. The Bertz CT molecular complexity index is 1390. The highest BCUT2D eigenvalue weighted by Crippen LogP contribution is 2.56. The number of rotatable bonds is 11. The third-order valence-corrected chi connectivity index (χ3v) is 8.29. The molecular formula is C23H25FN4O12P2-2. The van der Waals surface area contributed by atoms with Gasteiger partial charge in [0.2, 0.25) is 0 Å². The molecule has 4 amide bonds. The molecule has 42 heavy (non-hydrogen) atoms. The molecule has 0 aliphatic carbocycles. The number of nitrogens with zero attached hydrogens (tertiary/aromatic N) is 1. The topological polar surface area (TPSA) is 231 Å². The molecule has 1 saturated heterocycles. The lowest BCUT2D eigenvalue weighted by Crippen LogP contribution is -2.57. The first-order valence-corrected chi connectivity index (χ1v) is 15.0. The summed E-state index contributed by atoms with van der Waals surface area (Å²) in [5, 5.41) is 28.0. The molecule has 2 aromatic carbocycles. The van der Waals surface area contributed by atoms with Crippen molar-refractivity contribution in [3.63, 3.8) is 0 Å². The van der Waals surface area contributed by atoms with Gasteiger partial charge in [-0.25, -0.2) is 18.3 Å². The van der Waals surface area contributed by atoms with Gasteiger partial charge in [0.1, 0.15) is 30.3 Å². The number of phosphoric acid groups is 2. The molecule has 2 aliphatic heterocycles. The van der Waals surface area contributed by atoms with Gasteiger partial charge in [0.15, 0.2) is 6.23 Å². The number of benzene rings is 2. The number of phosphoric ester groups is 2. The summed E-state index contributed by atoms with van der Waals surface area (Å²) in [5.74, 6) is -0.494. The van der Waals surface area contributed by atoms with Crippen molar-refractivity contribution >= 4 is 33.4 Å². The number of carbonyl (C=O) groups is 2. The molecule has 16 nitrogen and oxygen atoms in total. The second kappa shape index (κ2) is 13.4. The number of amides is 4. The normalized spacial score (nSPS) is 26.6. The van der Waals surface area contributed by atoms with Gasteiger partial charge < -0.3 is 49.7 Å². The zero-order chi connectivity index (χ0) is 30.5. The Labute approximate surface area is 237 Å². The van der Waals surface area contributed by atoms with E-state index in [1.807, 2.05) is 0 Å². The maximum absolute atomic E-state index is 13.0. The molecule has 4 rings (SSSR count). The molecule has 0 radical (unpaired) electrons. The molecular weight excluding hydrogens is 605 g/mol. The minimum Gasteiger partial charge on any atom is -0.756 e. The maximum atomic E-state index is 13.0. The van der Waals surface area contributed by atoms with E-state index in [1.54, 1.807) is 18.2 Å². The van der Waals surface area contributed by atoms with Crippen LogP contribution in [0.2, 0.25) is 0 Å². The van der Waals surface area contributed by atoms with Crippen LogP contribution in [0.1, 0.15) is 5.56 Å². The summed E-state index contributed by atoms with van der Waals surface area (Å²) in [7, 11) is -10.9. The molecule has 1 fully saturated rings. The number of hydrogen-bond donors (Lipinski definition) is 5. The van der Waals surface area contributed by atoms with Crippen LogP contribution >= 0.6 is 15.6 Å². The van der Waals surface area contributed by atoms with Gasteiger partial charge in [0.05, 0.1) is 13.2 Å². The number of aliphatic hydroxyl groups is 2. The van der Waals surface area contributed by atoms with E-state index in [4.69, 9.17) is 4.74 Å². The first-order chi connectivity index (χ1) is 19.8. The Morgan fingerprint density at radius 2 is 1.71 bits per heavy atom. The Morgan fingerprint density at radius 3 is 2.38 bits per heavy atom. The van der Waals surface area contributed by atoms with Crippen LogP contribution in [0.15, 0.2) is 66.9 Å². The highest BCUT2D eigenvalue weighted by Gasteiger charge is 2.47. The Kier molecular flexibility index (Phi) is 10.1. The van der Waals surface area contributed by atoms with E-state index in [2.05, 4.69) is 29.3 Å². The average molecular weight is 630 g/mol. The summed E-state index contributed by atoms with van der Waals surface area (Å²) < 4.78 is 55.5. The van der Waals surface area contributed by atoms with Crippen molar-refractivity contribution in [1.82, 2.24) is 15.5 Å². The zero-order valence-electron chi connectivity index (χ0n) is 21.3. The first kappa shape index (κ1) is 31.7. The van der Waals surface area contributed by atoms with Crippen LogP contribution in [-0.2, 0) is 33.8 Å². The summed E-state index contributed by atoms with van der Waals surface area (Å²) in [5.41, 5.74) is 0.713. The molecule has 7 atom stereocenters. The largest absolute Gasteiger partial charge is 0.756 e. The molecule has 4 unspecified atom stereocenters. The average Bonchev–Trinajstić information content (AvgIpc) is 3.21. The van der Waals surface area contributed by atoms with Gasteiger partial charge in [-0.2, -0.15) is 0 Å². The van der Waals surface area contributed by atoms with Crippen LogP contribution in [0.3, 0.4) is 0 Å². The fraction of sp³-hybridized carbons (Fsp3) is 0.304. The highest BCUT2D eigenvalue weighted by atomic mass is 31.3. The fourth-order valence-electron chi connectivity index (χ4n) is 3.79. The summed E-state index contributed by atoms with van der Waals surface area (Å²) in [6.45, 7) is -1.48. The SMILES string of the molecule is O=C(Nc1ccc(F)cc1)NC1C=CN([C@@H]2O[C@H](COP(=O)([O-])OP(=O)([O-])OCc3ccccc3)C(O)[C@@H]2O)C(=O)N1. The molecule has 0 spiro atoms. The van der Waals surface area contributed by atoms with Gasteiger partial charge >= 0.3 is 12.1 Å². The lowest BCUT2D eigenvalue weighted by Gasteiger charge is -2.33. The van der Waals surface area contributed by atoms with E-state index in [0.717, 1.165) is 23.2 Å². The van der Waals surface area contributed by atoms with Crippen LogP contribution in [0.5, 0.6) is 0 Å². The molecule has 2 aromatic rings. The number of ether oxygens (including phenoxy) is 1. The summed E-state index contributed by atoms with van der Waals surface area (Å²) in [4.78, 5) is 49.6. The number of aliphatic hydroxyl groups excluding tert-OH is 2. The minimum atomic E-state index is -5.54. The van der Waals surface area contributed by atoms with Gasteiger partial charge in [-0.15, -0.1) is 0 Å². The quantitative estimate of drug-likeness (QED) is 0.213. The second-order valence-corrected chi connectivity index (χ2v) is 11.8. The first-order valence-electron chi connectivity index (χ1n) is 12.1. The van der Waals surface area contributed by atoms with Crippen LogP contribution in [0.4, 0.5) is 19.7 Å². The Morgan fingerprint density at radius 1 is 1.05 bits per heavy atom. The third-order valence-electron chi connectivity index (χ3n) is 5.78. The van der Waals surface area contributed by atoms with Crippen LogP contribution < -0.4 is 25.7 Å². The van der Waals surface area contributed by atoms with Crippen LogP contribution in [0, 0.1) is 5.82 Å². The van der Waals surface area contributed by atoms with Crippen molar-refractivity contribution in [2.24, 2.45) is 0 Å². The molecule has 228 valence electrons. The van der Waals surface area contributed by atoms with Crippen LogP contribution in [-0.4, -0.2) is 64.5 Å². The number of hydrogen-bond acceptors (Lipinski definition) is 12. The Hall–Kier alpha value is -3.21.